The standard InChI is InChI=1S/C21H26N2O3/c1-14(15(2)21(24)25-3)13-26-19-11-16(12-19)6-8-18-9-7-17-5-4-10-22-20(17)23-18/h4-5,7,9-10,16,19H,6,8,11-13H2,1-3H3. The molecule has 0 N–H and O–H groups in total. The van der Waals surface area contributed by atoms with E-state index < -0.39 is 0 Å². The number of carbonyl (C=O) groups is 1. The zero-order valence-electron chi connectivity index (χ0n) is 15.7. The number of methoxy groups -OCH3 is 1. The Bertz CT molecular complexity index is 810. The van der Waals surface area contributed by atoms with Crippen LogP contribution in [-0.2, 0) is 20.7 Å². The maximum absolute atomic E-state index is 11.5. The van der Waals surface area contributed by atoms with Crippen molar-refractivity contribution >= 4 is 17.0 Å². The molecule has 5 nitrogen and oxygen atoms in total. The van der Waals surface area contributed by atoms with Crippen LogP contribution in [0.5, 0.6) is 0 Å². The van der Waals surface area contributed by atoms with Gasteiger partial charge in [0.25, 0.3) is 0 Å². The van der Waals surface area contributed by atoms with Crippen LogP contribution in [0.1, 0.15) is 38.8 Å². The molecule has 0 spiro atoms. The first kappa shape index (κ1) is 18.5. The Hall–Kier alpha value is -2.27. The molecule has 5 heteroatoms. The van der Waals surface area contributed by atoms with Crippen molar-refractivity contribution < 1.29 is 14.3 Å². The first-order chi connectivity index (χ1) is 12.6. The van der Waals surface area contributed by atoms with E-state index in [-0.39, 0.29) is 5.97 Å². The van der Waals surface area contributed by atoms with E-state index in [1.54, 1.807) is 13.1 Å². The van der Waals surface area contributed by atoms with Crippen LogP contribution >= 0.6 is 0 Å². The highest BCUT2D eigenvalue weighted by Crippen LogP contribution is 2.34. The van der Waals surface area contributed by atoms with Gasteiger partial charge >= 0.3 is 5.97 Å². The summed E-state index contributed by atoms with van der Waals surface area (Å²) >= 11 is 0. The zero-order valence-corrected chi connectivity index (χ0v) is 15.7. The molecule has 26 heavy (non-hydrogen) atoms. The van der Waals surface area contributed by atoms with Crippen molar-refractivity contribution in [2.24, 2.45) is 5.92 Å². The third kappa shape index (κ3) is 4.47. The molecule has 0 saturated heterocycles. The van der Waals surface area contributed by atoms with Crippen LogP contribution in [0.4, 0.5) is 0 Å². The molecule has 1 fully saturated rings. The van der Waals surface area contributed by atoms with Gasteiger partial charge in [-0.25, -0.2) is 14.8 Å². The lowest BCUT2D eigenvalue weighted by molar-refractivity contribution is -0.136. The Morgan fingerprint density at radius 2 is 2.04 bits per heavy atom. The number of nitrogens with zero attached hydrogens (tertiary/aromatic N) is 2. The molecule has 1 aliphatic carbocycles. The topological polar surface area (TPSA) is 61.3 Å². The summed E-state index contributed by atoms with van der Waals surface area (Å²) in [6, 6.07) is 8.16. The summed E-state index contributed by atoms with van der Waals surface area (Å²) in [6.07, 6.45) is 6.34. The van der Waals surface area contributed by atoms with Crippen molar-refractivity contribution in [2.45, 2.75) is 45.6 Å². The number of aromatic nitrogens is 2. The fourth-order valence-corrected chi connectivity index (χ4v) is 3.21. The van der Waals surface area contributed by atoms with Gasteiger partial charge in [0.1, 0.15) is 0 Å². The summed E-state index contributed by atoms with van der Waals surface area (Å²) in [5.74, 6) is 0.405. The molecule has 0 aromatic carbocycles. The van der Waals surface area contributed by atoms with E-state index in [1.165, 1.54) is 7.11 Å². The molecule has 3 rings (SSSR count). The minimum absolute atomic E-state index is 0.282. The number of rotatable bonds is 7. The molecule has 1 aliphatic rings. The predicted molar refractivity (Wildman–Crippen MR) is 101 cm³/mol. The Morgan fingerprint density at radius 1 is 1.23 bits per heavy atom. The van der Waals surface area contributed by atoms with Gasteiger partial charge in [-0.05, 0) is 75.3 Å². The molecule has 2 heterocycles. The van der Waals surface area contributed by atoms with Gasteiger partial charge in [0, 0.05) is 22.9 Å². The molecule has 0 amide bonds. The molecule has 0 atom stereocenters. The molecule has 138 valence electrons. The van der Waals surface area contributed by atoms with E-state index in [1.807, 2.05) is 19.1 Å². The lowest BCUT2D eigenvalue weighted by Gasteiger charge is -2.35. The quantitative estimate of drug-likeness (QED) is 0.558. The summed E-state index contributed by atoms with van der Waals surface area (Å²) < 4.78 is 10.6. The van der Waals surface area contributed by atoms with Gasteiger partial charge in [-0.2, -0.15) is 0 Å². The van der Waals surface area contributed by atoms with Crippen LogP contribution in [0.2, 0.25) is 0 Å². The third-order valence-corrected chi connectivity index (χ3v) is 5.19. The molecule has 1 saturated carbocycles. The molecule has 0 unspecified atom stereocenters. The second-order valence-electron chi connectivity index (χ2n) is 7.06. The van der Waals surface area contributed by atoms with Gasteiger partial charge in [-0.15, -0.1) is 0 Å². The first-order valence-electron chi connectivity index (χ1n) is 9.13. The van der Waals surface area contributed by atoms with Crippen LogP contribution in [0.25, 0.3) is 11.0 Å². The zero-order chi connectivity index (χ0) is 18.5. The van der Waals surface area contributed by atoms with Crippen LogP contribution in [-0.4, -0.2) is 35.8 Å². The van der Waals surface area contributed by atoms with E-state index in [0.29, 0.717) is 24.2 Å². The second-order valence-corrected chi connectivity index (χ2v) is 7.06. The van der Waals surface area contributed by atoms with Crippen molar-refractivity contribution in [3.63, 3.8) is 0 Å². The Balaban J connectivity index is 1.40. The van der Waals surface area contributed by atoms with Crippen molar-refractivity contribution in [3.05, 3.63) is 47.3 Å². The first-order valence-corrected chi connectivity index (χ1v) is 9.13. The molecule has 0 radical (unpaired) electrons. The lowest BCUT2D eigenvalue weighted by atomic mass is 9.79. The average Bonchev–Trinajstić information content (AvgIpc) is 2.64. The molecule has 2 aromatic heterocycles. The summed E-state index contributed by atoms with van der Waals surface area (Å²) in [6.45, 7) is 4.19. The number of aryl methyl sites for hydroxylation is 1. The smallest absolute Gasteiger partial charge is 0.333 e. The van der Waals surface area contributed by atoms with E-state index >= 15 is 0 Å². The minimum Gasteiger partial charge on any atom is -0.466 e. The van der Waals surface area contributed by atoms with E-state index in [0.717, 1.165) is 48.0 Å². The largest absolute Gasteiger partial charge is 0.466 e. The summed E-state index contributed by atoms with van der Waals surface area (Å²) in [5, 5.41) is 1.08. The van der Waals surface area contributed by atoms with Crippen LogP contribution in [0.15, 0.2) is 41.6 Å². The minimum atomic E-state index is -0.282. The molecular formula is C21H26N2O3. The Morgan fingerprint density at radius 3 is 2.81 bits per heavy atom. The monoisotopic (exact) mass is 354 g/mol. The van der Waals surface area contributed by atoms with E-state index in [2.05, 4.69) is 22.1 Å². The van der Waals surface area contributed by atoms with Crippen molar-refractivity contribution in [1.82, 2.24) is 9.97 Å². The number of carbonyl (C=O) groups excluding carboxylic acids is 1. The third-order valence-electron chi connectivity index (χ3n) is 5.19. The highest BCUT2D eigenvalue weighted by atomic mass is 16.5. The van der Waals surface area contributed by atoms with E-state index in [4.69, 9.17) is 9.47 Å². The van der Waals surface area contributed by atoms with Gasteiger partial charge in [0.15, 0.2) is 5.65 Å². The molecule has 2 aromatic rings. The number of esters is 1. The predicted octanol–water partition coefficient (Wildman–Crippen LogP) is 3.87. The second kappa shape index (κ2) is 8.41. The summed E-state index contributed by atoms with van der Waals surface area (Å²) in [5.41, 5.74) is 3.50. The highest BCUT2D eigenvalue weighted by Gasteiger charge is 2.29. The lowest BCUT2D eigenvalue weighted by Crippen LogP contribution is -2.32. The van der Waals surface area contributed by atoms with Gasteiger partial charge in [0.05, 0.1) is 19.8 Å². The fraction of sp³-hybridized carbons (Fsp3) is 0.476. The number of hydrogen-bond donors (Lipinski definition) is 0. The van der Waals surface area contributed by atoms with Crippen molar-refractivity contribution in [3.8, 4) is 0 Å². The number of hydrogen-bond acceptors (Lipinski definition) is 5. The van der Waals surface area contributed by atoms with Crippen LogP contribution < -0.4 is 0 Å². The van der Waals surface area contributed by atoms with Crippen LogP contribution in [0.3, 0.4) is 0 Å². The summed E-state index contributed by atoms with van der Waals surface area (Å²) in [4.78, 5) is 20.4. The fourth-order valence-electron chi connectivity index (χ4n) is 3.21. The average molecular weight is 354 g/mol. The van der Waals surface area contributed by atoms with Gasteiger partial charge in [-0.3, -0.25) is 0 Å². The Kier molecular flexibility index (Phi) is 5.99. The SMILES string of the molecule is COC(=O)C(C)=C(C)COC1CC(CCc2ccc3cccnc3n2)C1. The highest BCUT2D eigenvalue weighted by molar-refractivity contribution is 5.88. The van der Waals surface area contributed by atoms with Crippen molar-refractivity contribution in [1.29, 1.82) is 0 Å². The van der Waals surface area contributed by atoms with Crippen LogP contribution in [0, 0.1) is 5.92 Å². The molecule has 0 bridgehead atoms. The Labute approximate surface area is 154 Å². The van der Waals surface area contributed by atoms with Gasteiger partial charge in [0.2, 0.25) is 0 Å². The van der Waals surface area contributed by atoms with E-state index in [9.17, 15) is 4.79 Å². The number of fused-ring (bicyclic) bond motifs is 1. The molecular weight excluding hydrogens is 328 g/mol. The number of ether oxygens (including phenoxy) is 2. The van der Waals surface area contributed by atoms with Crippen molar-refractivity contribution in [2.75, 3.05) is 13.7 Å². The number of pyridine rings is 2. The van der Waals surface area contributed by atoms with Gasteiger partial charge in [-0.1, -0.05) is 0 Å². The van der Waals surface area contributed by atoms with Gasteiger partial charge < -0.3 is 9.47 Å². The maximum atomic E-state index is 11.5. The molecule has 0 aliphatic heterocycles. The maximum Gasteiger partial charge on any atom is 0.333 e. The summed E-state index contributed by atoms with van der Waals surface area (Å²) in [7, 11) is 1.40. The normalized spacial score (nSPS) is 20.4.